The molecule has 2 aliphatic heterocycles. The average Bonchev–Trinajstić information content (AvgIpc) is 3.74. The number of morpholine rings is 1. The molecule has 2 fully saturated rings. The van der Waals surface area contributed by atoms with Gasteiger partial charge in [-0.3, -0.25) is 9.59 Å². The summed E-state index contributed by atoms with van der Waals surface area (Å²) in [5.41, 5.74) is 4.52. The maximum Gasteiger partial charge on any atom is 0.276 e. The maximum absolute atomic E-state index is 14.0. The molecule has 0 radical (unpaired) electrons. The van der Waals surface area contributed by atoms with Gasteiger partial charge in [0.25, 0.3) is 11.8 Å². The molecule has 8 heteroatoms. The molecule has 1 atom stereocenters. The molecule has 0 spiro atoms. The number of amidine groups is 1. The number of nitrogens with zero attached hydrogens (tertiary/aromatic N) is 3. The van der Waals surface area contributed by atoms with E-state index in [4.69, 9.17) is 9.73 Å². The first-order valence-electron chi connectivity index (χ1n) is 14.0. The normalized spacial score (nSPS) is 19.5. The highest BCUT2D eigenvalue weighted by molar-refractivity contribution is 7.17. The fourth-order valence-corrected chi connectivity index (χ4v) is 6.61. The molecule has 1 saturated carbocycles. The number of amides is 2. The average molecular weight is 555 g/mol. The van der Waals surface area contributed by atoms with E-state index in [1.54, 1.807) is 6.08 Å². The van der Waals surface area contributed by atoms with Gasteiger partial charge in [-0.1, -0.05) is 54.6 Å². The topological polar surface area (TPSA) is 74.2 Å². The second kappa shape index (κ2) is 11.4. The van der Waals surface area contributed by atoms with E-state index in [2.05, 4.69) is 22.3 Å². The zero-order valence-corrected chi connectivity index (χ0v) is 23.7. The standard InChI is InChI=1S/C32H34N4O3S/c1-3-26(33-21(2)35-17-18-39-20-28(35)22-9-5-4-6-10-22)32(38)36-16-15-23-19-29(31(37)34-24-13-14-24)40-30(23)25-11-7-8-12-27(25)36/h3-12,19,24,28H,13-18,20H2,1-2H3,(H,34,37)/b26-3-,33-21?/t28-/m1/s1. The molecule has 6 rings (SSSR count). The van der Waals surface area contributed by atoms with Gasteiger partial charge in [-0.05, 0) is 56.4 Å². The highest BCUT2D eigenvalue weighted by Crippen LogP contribution is 2.42. The molecule has 40 heavy (non-hydrogen) atoms. The van der Waals surface area contributed by atoms with E-state index in [1.165, 1.54) is 16.9 Å². The summed E-state index contributed by atoms with van der Waals surface area (Å²) in [6, 6.07) is 20.6. The number of nitrogens with one attached hydrogen (secondary N) is 1. The molecule has 0 unspecified atom stereocenters. The number of carbonyl (C=O) groups is 2. The van der Waals surface area contributed by atoms with Gasteiger partial charge >= 0.3 is 0 Å². The molecule has 1 N–H and O–H groups in total. The number of benzene rings is 2. The number of aliphatic imine (C=N–C) groups is 1. The lowest BCUT2D eigenvalue weighted by Gasteiger charge is -2.37. The van der Waals surface area contributed by atoms with Crippen LogP contribution < -0.4 is 10.2 Å². The minimum Gasteiger partial charge on any atom is -0.377 e. The van der Waals surface area contributed by atoms with Gasteiger partial charge < -0.3 is 19.9 Å². The largest absolute Gasteiger partial charge is 0.377 e. The molecule has 2 aromatic carbocycles. The van der Waals surface area contributed by atoms with Gasteiger partial charge in [0.1, 0.15) is 11.5 Å². The van der Waals surface area contributed by atoms with Crippen molar-refractivity contribution >= 4 is 34.7 Å². The van der Waals surface area contributed by atoms with Crippen molar-refractivity contribution in [1.29, 1.82) is 0 Å². The van der Waals surface area contributed by atoms with E-state index >= 15 is 0 Å². The summed E-state index contributed by atoms with van der Waals surface area (Å²) in [6.07, 6.45) is 4.59. The van der Waals surface area contributed by atoms with Gasteiger partial charge in [0.2, 0.25) is 0 Å². The van der Waals surface area contributed by atoms with Crippen molar-refractivity contribution < 1.29 is 14.3 Å². The van der Waals surface area contributed by atoms with E-state index in [-0.39, 0.29) is 17.9 Å². The first-order chi connectivity index (χ1) is 19.5. The monoisotopic (exact) mass is 554 g/mol. The molecular weight excluding hydrogens is 520 g/mol. The van der Waals surface area contributed by atoms with Gasteiger partial charge in [-0.15, -0.1) is 11.3 Å². The number of hydrogen-bond donors (Lipinski definition) is 1. The van der Waals surface area contributed by atoms with Gasteiger partial charge in [0.05, 0.1) is 29.8 Å². The molecule has 206 valence electrons. The first-order valence-corrected chi connectivity index (χ1v) is 14.8. The van der Waals surface area contributed by atoms with E-state index in [0.29, 0.717) is 44.5 Å². The van der Waals surface area contributed by atoms with Crippen molar-refractivity contribution in [1.82, 2.24) is 10.2 Å². The van der Waals surface area contributed by atoms with Crippen LogP contribution in [0.1, 0.15) is 53.5 Å². The number of rotatable bonds is 5. The zero-order chi connectivity index (χ0) is 27.6. The fraction of sp³-hybridized carbons (Fsp3) is 0.344. The van der Waals surface area contributed by atoms with Crippen LogP contribution in [0.2, 0.25) is 0 Å². The van der Waals surface area contributed by atoms with Crippen LogP contribution in [0.4, 0.5) is 5.69 Å². The summed E-state index contributed by atoms with van der Waals surface area (Å²) in [5, 5.41) is 3.10. The molecule has 1 aromatic heterocycles. The molecule has 0 bridgehead atoms. The third-order valence-corrected chi connectivity index (χ3v) is 8.95. The van der Waals surface area contributed by atoms with Crippen LogP contribution in [0.3, 0.4) is 0 Å². The van der Waals surface area contributed by atoms with Crippen LogP contribution in [0.5, 0.6) is 0 Å². The zero-order valence-electron chi connectivity index (χ0n) is 22.9. The lowest BCUT2D eigenvalue weighted by Crippen LogP contribution is -2.42. The third kappa shape index (κ3) is 5.33. The lowest BCUT2D eigenvalue weighted by atomic mass is 10.0. The number of thiophene rings is 1. The summed E-state index contributed by atoms with van der Waals surface area (Å²) >= 11 is 1.51. The predicted octanol–water partition coefficient (Wildman–Crippen LogP) is 5.59. The number of carbonyl (C=O) groups excluding carboxylic acids is 2. The number of fused-ring (bicyclic) bond motifs is 3. The van der Waals surface area contributed by atoms with Crippen LogP contribution >= 0.6 is 11.3 Å². The Morgan fingerprint density at radius 2 is 1.85 bits per heavy atom. The maximum atomic E-state index is 14.0. The third-order valence-electron chi connectivity index (χ3n) is 7.74. The van der Waals surface area contributed by atoms with Gasteiger partial charge in [-0.2, -0.15) is 0 Å². The molecular formula is C32H34N4O3S. The van der Waals surface area contributed by atoms with Crippen LogP contribution in [-0.2, 0) is 16.0 Å². The second-order valence-electron chi connectivity index (χ2n) is 10.5. The molecule has 3 heterocycles. The highest BCUT2D eigenvalue weighted by Gasteiger charge is 2.31. The Bertz CT molecular complexity index is 1470. The van der Waals surface area contributed by atoms with Crippen molar-refractivity contribution in [3.63, 3.8) is 0 Å². The molecule has 3 aliphatic rings. The smallest absolute Gasteiger partial charge is 0.276 e. The molecule has 3 aromatic rings. The van der Waals surface area contributed by atoms with Crippen molar-refractivity contribution in [3.05, 3.63) is 88.4 Å². The molecule has 2 amide bonds. The molecule has 1 aliphatic carbocycles. The SMILES string of the molecule is C/C=C(\N=C(C)N1CCOC[C@@H]1c1ccccc1)C(=O)N1CCc2cc(C(=O)NC3CC3)sc2-c2ccccc21. The second-order valence-corrected chi connectivity index (χ2v) is 11.5. The van der Waals surface area contributed by atoms with Crippen molar-refractivity contribution in [2.45, 2.75) is 45.2 Å². The summed E-state index contributed by atoms with van der Waals surface area (Å²) in [7, 11) is 0. The van der Waals surface area contributed by atoms with Crippen molar-refractivity contribution in [2.24, 2.45) is 4.99 Å². The number of para-hydroxylation sites is 1. The van der Waals surface area contributed by atoms with Gasteiger partial charge in [0.15, 0.2) is 0 Å². The molecule has 7 nitrogen and oxygen atoms in total. The number of ether oxygens (including phenoxy) is 1. The summed E-state index contributed by atoms with van der Waals surface area (Å²) < 4.78 is 5.80. The fourth-order valence-electron chi connectivity index (χ4n) is 5.46. The Morgan fingerprint density at radius 1 is 1.07 bits per heavy atom. The number of anilines is 1. The van der Waals surface area contributed by atoms with Gasteiger partial charge in [-0.25, -0.2) is 4.99 Å². The number of hydrogen-bond acceptors (Lipinski definition) is 5. The Hall–Kier alpha value is -3.75. The van der Waals surface area contributed by atoms with E-state index in [1.807, 2.05) is 67.3 Å². The first kappa shape index (κ1) is 26.5. The number of allylic oxidation sites excluding steroid dienone is 1. The summed E-state index contributed by atoms with van der Waals surface area (Å²) in [4.78, 5) is 37.6. The van der Waals surface area contributed by atoms with Crippen LogP contribution in [0.25, 0.3) is 10.4 Å². The lowest BCUT2D eigenvalue weighted by molar-refractivity contribution is -0.115. The predicted molar refractivity (Wildman–Crippen MR) is 160 cm³/mol. The van der Waals surface area contributed by atoms with Gasteiger partial charge in [0, 0.05) is 29.6 Å². The van der Waals surface area contributed by atoms with Crippen LogP contribution in [0.15, 0.2) is 77.4 Å². The van der Waals surface area contributed by atoms with Crippen molar-refractivity contribution in [3.8, 4) is 10.4 Å². The van der Waals surface area contributed by atoms with Crippen LogP contribution in [-0.4, -0.2) is 54.9 Å². The van der Waals surface area contributed by atoms with Crippen molar-refractivity contribution in [2.75, 3.05) is 31.2 Å². The Kier molecular flexibility index (Phi) is 7.54. The van der Waals surface area contributed by atoms with Crippen LogP contribution in [0, 0.1) is 0 Å². The van der Waals surface area contributed by atoms with E-state index < -0.39 is 0 Å². The summed E-state index contributed by atoms with van der Waals surface area (Å²) in [5.74, 6) is 0.678. The van der Waals surface area contributed by atoms with E-state index in [0.717, 1.165) is 45.2 Å². The minimum absolute atomic E-state index is 0.00363. The minimum atomic E-state index is -0.124. The quantitative estimate of drug-likeness (QED) is 0.253. The summed E-state index contributed by atoms with van der Waals surface area (Å²) in [6.45, 7) is 6.27. The highest BCUT2D eigenvalue weighted by atomic mass is 32.1. The Morgan fingerprint density at radius 3 is 2.62 bits per heavy atom. The Balaban J connectivity index is 1.27. The molecule has 1 saturated heterocycles. The Labute approximate surface area is 239 Å². The van der Waals surface area contributed by atoms with E-state index in [9.17, 15) is 9.59 Å².